The first-order valence-corrected chi connectivity index (χ1v) is 7.86. The van der Waals surface area contributed by atoms with Crippen LogP contribution in [-0.2, 0) is 19.6 Å². The van der Waals surface area contributed by atoms with Crippen LogP contribution in [0.25, 0.3) is 0 Å². The molecule has 0 bridgehead atoms. The fraction of sp³-hybridized carbons (Fsp3) is 0.364. The number of nitrogens with two attached hydrogens (primary N) is 1. The fourth-order valence-corrected chi connectivity index (χ4v) is 2.69. The predicted octanol–water partition coefficient (Wildman–Crippen LogP) is 2.01. The number of methoxy groups -OCH3 is 1. The van der Waals surface area contributed by atoms with Gasteiger partial charge in [-0.25, -0.2) is 13.6 Å². The molecule has 0 spiro atoms. The quantitative estimate of drug-likeness (QED) is 0.773. The smallest absolute Gasteiger partial charge is 0.238 e. The van der Waals surface area contributed by atoms with E-state index in [-0.39, 0.29) is 33.0 Å². The van der Waals surface area contributed by atoms with E-state index in [9.17, 15) is 13.2 Å². The Labute approximate surface area is 127 Å². The number of carbonyl (C=O) groups is 1. The standard InChI is InChI=1S/C11H14Cl2N2O4S/c1-19-4-2-3-10(16)15-11-8(12)5-7(6-9(11)13)20(14,17)18/h5-6H,2-4H2,1H3,(H,15,16)(H2,14,17,18). The van der Waals surface area contributed by atoms with Gasteiger partial charge >= 0.3 is 0 Å². The van der Waals surface area contributed by atoms with Gasteiger partial charge in [0, 0.05) is 20.1 Å². The summed E-state index contributed by atoms with van der Waals surface area (Å²) in [6.45, 7) is 0.458. The van der Waals surface area contributed by atoms with Crippen LogP contribution < -0.4 is 10.5 Å². The van der Waals surface area contributed by atoms with Crippen molar-refractivity contribution in [2.24, 2.45) is 5.14 Å². The number of benzene rings is 1. The zero-order valence-corrected chi connectivity index (χ0v) is 13.0. The molecule has 0 radical (unpaired) electrons. The van der Waals surface area contributed by atoms with Crippen molar-refractivity contribution in [2.45, 2.75) is 17.7 Å². The van der Waals surface area contributed by atoms with Gasteiger partial charge in [0.2, 0.25) is 15.9 Å². The molecular formula is C11H14Cl2N2O4S. The first-order chi connectivity index (χ1) is 9.25. The number of hydrogen-bond donors (Lipinski definition) is 2. The summed E-state index contributed by atoms with van der Waals surface area (Å²) < 4.78 is 27.2. The number of rotatable bonds is 6. The van der Waals surface area contributed by atoms with Gasteiger partial charge in [0.05, 0.1) is 20.6 Å². The molecule has 0 aliphatic rings. The van der Waals surface area contributed by atoms with Gasteiger partial charge in [-0.3, -0.25) is 4.79 Å². The highest BCUT2D eigenvalue weighted by molar-refractivity contribution is 7.89. The monoisotopic (exact) mass is 340 g/mol. The predicted molar refractivity (Wildman–Crippen MR) is 77.6 cm³/mol. The summed E-state index contributed by atoms with van der Waals surface area (Å²) in [5.74, 6) is -0.297. The molecule has 1 aromatic rings. The van der Waals surface area contributed by atoms with Crippen LogP contribution in [0, 0.1) is 0 Å². The highest BCUT2D eigenvalue weighted by atomic mass is 35.5. The van der Waals surface area contributed by atoms with Crippen LogP contribution in [-0.4, -0.2) is 28.0 Å². The Balaban J connectivity index is 2.90. The maximum absolute atomic E-state index is 11.6. The molecule has 1 rings (SSSR count). The summed E-state index contributed by atoms with van der Waals surface area (Å²) in [5, 5.41) is 7.51. The minimum Gasteiger partial charge on any atom is -0.385 e. The number of anilines is 1. The first-order valence-electron chi connectivity index (χ1n) is 5.56. The minimum atomic E-state index is -3.91. The van der Waals surface area contributed by atoms with E-state index in [1.165, 1.54) is 7.11 Å². The third-order valence-corrected chi connectivity index (χ3v) is 3.85. The maximum Gasteiger partial charge on any atom is 0.238 e. The maximum atomic E-state index is 11.6. The van der Waals surface area contributed by atoms with Crippen molar-refractivity contribution in [3.05, 3.63) is 22.2 Å². The lowest BCUT2D eigenvalue weighted by atomic mass is 10.2. The van der Waals surface area contributed by atoms with Gasteiger partial charge in [-0.15, -0.1) is 0 Å². The van der Waals surface area contributed by atoms with Crippen molar-refractivity contribution < 1.29 is 17.9 Å². The van der Waals surface area contributed by atoms with Crippen LogP contribution in [0.2, 0.25) is 10.0 Å². The Morgan fingerprint density at radius 1 is 1.35 bits per heavy atom. The van der Waals surface area contributed by atoms with Gasteiger partial charge < -0.3 is 10.1 Å². The molecule has 1 amide bonds. The molecule has 0 aromatic heterocycles. The zero-order chi connectivity index (χ0) is 15.3. The minimum absolute atomic E-state index is 0.00150. The van der Waals surface area contributed by atoms with Crippen molar-refractivity contribution in [3.63, 3.8) is 0 Å². The summed E-state index contributed by atoms with van der Waals surface area (Å²) in [6, 6.07) is 2.26. The SMILES string of the molecule is COCCCC(=O)Nc1c(Cl)cc(S(N)(=O)=O)cc1Cl. The van der Waals surface area contributed by atoms with E-state index < -0.39 is 10.0 Å². The molecule has 112 valence electrons. The Morgan fingerprint density at radius 2 is 1.90 bits per heavy atom. The molecule has 9 heteroatoms. The van der Waals surface area contributed by atoms with Crippen LogP contribution in [0.5, 0.6) is 0 Å². The number of nitrogens with one attached hydrogen (secondary N) is 1. The summed E-state index contributed by atoms with van der Waals surface area (Å²) >= 11 is 11.8. The molecule has 0 unspecified atom stereocenters. The Hall–Kier alpha value is -0.860. The number of amides is 1. The van der Waals surface area contributed by atoms with Gasteiger partial charge in [-0.2, -0.15) is 0 Å². The third kappa shape index (κ3) is 4.92. The molecule has 0 atom stereocenters. The topological polar surface area (TPSA) is 98.5 Å². The van der Waals surface area contributed by atoms with Gasteiger partial charge in [0.1, 0.15) is 0 Å². The number of ether oxygens (including phenoxy) is 1. The lowest BCUT2D eigenvalue weighted by molar-refractivity contribution is -0.116. The normalized spacial score (nSPS) is 11.4. The summed E-state index contributed by atoms with van der Waals surface area (Å²) in [6.07, 6.45) is 0.782. The second-order valence-electron chi connectivity index (χ2n) is 3.95. The van der Waals surface area contributed by atoms with E-state index in [0.29, 0.717) is 13.0 Å². The highest BCUT2D eigenvalue weighted by Crippen LogP contribution is 2.33. The fourth-order valence-electron chi connectivity index (χ4n) is 1.41. The second-order valence-corrected chi connectivity index (χ2v) is 6.33. The molecule has 0 fully saturated rings. The highest BCUT2D eigenvalue weighted by Gasteiger charge is 2.16. The molecule has 3 N–H and O–H groups in total. The number of primary sulfonamides is 1. The van der Waals surface area contributed by atoms with Gasteiger partial charge in [-0.1, -0.05) is 23.2 Å². The number of sulfonamides is 1. The van der Waals surface area contributed by atoms with Crippen LogP contribution in [0.3, 0.4) is 0 Å². The zero-order valence-electron chi connectivity index (χ0n) is 10.7. The van der Waals surface area contributed by atoms with Gasteiger partial charge in [-0.05, 0) is 18.6 Å². The third-order valence-electron chi connectivity index (χ3n) is 2.36. The summed E-state index contributed by atoms with van der Waals surface area (Å²) in [7, 11) is -2.37. The van der Waals surface area contributed by atoms with E-state index in [0.717, 1.165) is 12.1 Å². The van der Waals surface area contributed by atoms with Crippen molar-refractivity contribution in [1.29, 1.82) is 0 Å². The van der Waals surface area contributed by atoms with Gasteiger partial charge in [0.25, 0.3) is 0 Å². The number of carbonyl (C=O) groups excluding carboxylic acids is 1. The summed E-state index contributed by atoms with van der Waals surface area (Å²) in [5.41, 5.74) is 0.156. The van der Waals surface area contributed by atoms with Gasteiger partial charge in [0.15, 0.2) is 0 Å². The largest absolute Gasteiger partial charge is 0.385 e. The van der Waals surface area contributed by atoms with E-state index in [1.54, 1.807) is 0 Å². The van der Waals surface area contributed by atoms with Crippen LogP contribution in [0.4, 0.5) is 5.69 Å². The Morgan fingerprint density at radius 3 is 2.35 bits per heavy atom. The lowest BCUT2D eigenvalue weighted by Gasteiger charge is -2.10. The molecule has 1 aromatic carbocycles. The molecule has 20 heavy (non-hydrogen) atoms. The van der Waals surface area contributed by atoms with Crippen molar-refractivity contribution in [1.82, 2.24) is 0 Å². The van der Waals surface area contributed by atoms with Crippen LogP contribution >= 0.6 is 23.2 Å². The molecule has 0 saturated carbocycles. The Kier molecular flexibility index (Phi) is 6.22. The average molecular weight is 341 g/mol. The average Bonchev–Trinajstić information content (AvgIpc) is 2.32. The van der Waals surface area contributed by atoms with E-state index in [2.05, 4.69) is 5.32 Å². The molecule has 0 heterocycles. The Bertz CT molecular complexity index is 581. The molecule has 6 nitrogen and oxygen atoms in total. The molecule has 0 aliphatic carbocycles. The van der Waals surface area contributed by atoms with E-state index in [4.69, 9.17) is 33.1 Å². The molecule has 0 aliphatic heterocycles. The molecular weight excluding hydrogens is 327 g/mol. The van der Waals surface area contributed by atoms with Crippen LogP contribution in [0.1, 0.15) is 12.8 Å². The molecule has 0 saturated heterocycles. The van der Waals surface area contributed by atoms with Crippen LogP contribution in [0.15, 0.2) is 17.0 Å². The second kappa shape index (κ2) is 7.24. The van der Waals surface area contributed by atoms with Crippen molar-refractivity contribution in [3.8, 4) is 0 Å². The number of halogens is 2. The van der Waals surface area contributed by atoms with E-state index in [1.807, 2.05) is 0 Å². The lowest BCUT2D eigenvalue weighted by Crippen LogP contribution is -2.15. The number of hydrogen-bond acceptors (Lipinski definition) is 4. The first kappa shape index (κ1) is 17.2. The van der Waals surface area contributed by atoms with E-state index >= 15 is 0 Å². The summed E-state index contributed by atoms with van der Waals surface area (Å²) in [4.78, 5) is 11.4. The van der Waals surface area contributed by atoms with Crippen molar-refractivity contribution >= 4 is 44.8 Å². The van der Waals surface area contributed by atoms with Crippen molar-refractivity contribution in [2.75, 3.05) is 19.0 Å².